The third kappa shape index (κ3) is 1.51. The fourth-order valence-corrected chi connectivity index (χ4v) is 1.92. The van der Waals surface area contributed by atoms with Crippen LogP contribution in [0.1, 0.15) is 17.3 Å². The molecule has 1 aromatic heterocycles. The molecule has 1 aromatic rings. The highest BCUT2D eigenvalue weighted by atomic mass is 16.5. The minimum Gasteiger partial charge on any atom is -0.481 e. The summed E-state index contributed by atoms with van der Waals surface area (Å²) in [7, 11) is 3.49. The largest absolute Gasteiger partial charge is 0.481 e. The van der Waals surface area contributed by atoms with E-state index in [9.17, 15) is 0 Å². The summed E-state index contributed by atoms with van der Waals surface area (Å²) in [5, 5.41) is 7.40. The fourth-order valence-electron chi connectivity index (χ4n) is 1.92. The van der Waals surface area contributed by atoms with Crippen molar-refractivity contribution in [2.75, 3.05) is 13.7 Å². The van der Waals surface area contributed by atoms with Gasteiger partial charge >= 0.3 is 0 Å². The average molecular weight is 209 g/mol. The van der Waals surface area contributed by atoms with Crippen LogP contribution in [0.5, 0.6) is 5.88 Å². The van der Waals surface area contributed by atoms with E-state index < -0.39 is 0 Å². The average Bonchev–Trinajstić information content (AvgIpc) is 2.70. The van der Waals surface area contributed by atoms with Crippen LogP contribution in [-0.4, -0.2) is 29.4 Å². The maximum Gasteiger partial charge on any atom is 0.216 e. The van der Waals surface area contributed by atoms with Crippen LogP contribution in [0, 0.1) is 6.92 Å². The van der Waals surface area contributed by atoms with Crippen LogP contribution in [0.4, 0.5) is 0 Å². The molecule has 0 spiro atoms. The number of ether oxygens (including phenoxy) is 1. The second-order valence-corrected chi connectivity index (χ2v) is 3.55. The molecule has 1 atom stereocenters. The Kier molecular flexibility index (Phi) is 2.26. The van der Waals surface area contributed by atoms with Crippen LogP contribution in [0.3, 0.4) is 0 Å². The van der Waals surface area contributed by atoms with Gasteiger partial charge in [0, 0.05) is 7.05 Å². The van der Waals surface area contributed by atoms with Crippen molar-refractivity contribution in [3.8, 4) is 5.88 Å². The molecule has 6 heteroatoms. The number of nitrogens with one attached hydrogen (secondary N) is 1. The van der Waals surface area contributed by atoms with Crippen LogP contribution >= 0.6 is 0 Å². The number of methoxy groups -OCH3 is 1. The van der Waals surface area contributed by atoms with Crippen LogP contribution in [0.2, 0.25) is 0 Å². The molecule has 0 amide bonds. The molecule has 3 N–H and O–H groups in total. The first-order chi connectivity index (χ1) is 7.13. The van der Waals surface area contributed by atoms with Gasteiger partial charge in [-0.25, -0.2) is 4.68 Å². The van der Waals surface area contributed by atoms with Gasteiger partial charge in [-0.3, -0.25) is 4.99 Å². The summed E-state index contributed by atoms with van der Waals surface area (Å²) >= 11 is 0. The van der Waals surface area contributed by atoms with E-state index in [1.54, 1.807) is 11.8 Å². The summed E-state index contributed by atoms with van der Waals surface area (Å²) in [5.41, 5.74) is 7.55. The van der Waals surface area contributed by atoms with Crippen LogP contribution in [-0.2, 0) is 7.05 Å². The van der Waals surface area contributed by atoms with Gasteiger partial charge in [-0.05, 0) is 6.92 Å². The van der Waals surface area contributed by atoms with E-state index in [1.807, 2.05) is 14.0 Å². The first-order valence-electron chi connectivity index (χ1n) is 4.77. The van der Waals surface area contributed by atoms with E-state index in [-0.39, 0.29) is 6.04 Å². The van der Waals surface area contributed by atoms with Gasteiger partial charge in [0.1, 0.15) is 0 Å². The number of nitrogens with two attached hydrogens (primary N) is 1. The van der Waals surface area contributed by atoms with Crippen LogP contribution in [0.15, 0.2) is 4.99 Å². The summed E-state index contributed by atoms with van der Waals surface area (Å²) in [6.07, 6.45) is 0. The number of rotatable bonds is 2. The number of nitrogens with zero attached hydrogens (tertiary/aromatic N) is 3. The SMILES string of the molecule is COc1c(C2CN=C(N)N2)c(C)nn1C. The minimum atomic E-state index is 0.0775. The first-order valence-corrected chi connectivity index (χ1v) is 4.77. The monoisotopic (exact) mass is 209 g/mol. The van der Waals surface area contributed by atoms with Gasteiger partial charge in [-0.2, -0.15) is 5.10 Å². The lowest BCUT2D eigenvalue weighted by Gasteiger charge is -2.11. The highest BCUT2D eigenvalue weighted by molar-refractivity contribution is 5.80. The molecule has 6 nitrogen and oxygen atoms in total. The predicted octanol–water partition coefficient (Wildman–Crippen LogP) is -0.304. The smallest absolute Gasteiger partial charge is 0.216 e. The van der Waals surface area contributed by atoms with E-state index in [0.29, 0.717) is 12.5 Å². The standard InChI is InChI=1S/C9H15N5O/c1-5-7(6-4-11-9(10)12-6)8(15-3)14(2)13-5/h6H,4H2,1-3H3,(H3,10,11,12). The fraction of sp³-hybridized carbons (Fsp3) is 0.556. The van der Waals surface area contributed by atoms with Gasteiger partial charge in [0.15, 0.2) is 5.96 Å². The lowest BCUT2D eigenvalue weighted by atomic mass is 10.1. The summed E-state index contributed by atoms with van der Waals surface area (Å²) in [6, 6.07) is 0.0775. The van der Waals surface area contributed by atoms with Gasteiger partial charge in [0.05, 0.1) is 31.0 Å². The Morgan fingerprint density at radius 3 is 2.87 bits per heavy atom. The van der Waals surface area contributed by atoms with Crippen molar-refractivity contribution in [3.63, 3.8) is 0 Å². The molecule has 0 fully saturated rings. The molecule has 0 aliphatic carbocycles. The Hall–Kier alpha value is -1.72. The molecule has 0 radical (unpaired) electrons. The molecule has 1 aliphatic rings. The lowest BCUT2D eigenvalue weighted by Crippen LogP contribution is -2.29. The van der Waals surface area contributed by atoms with E-state index in [4.69, 9.17) is 10.5 Å². The maximum absolute atomic E-state index is 5.58. The quantitative estimate of drug-likeness (QED) is 0.700. The van der Waals surface area contributed by atoms with E-state index in [2.05, 4.69) is 15.4 Å². The first kappa shape index (κ1) is 9.82. The van der Waals surface area contributed by atoms with Gasteiger partial charge in [0.25, 0.3) is 0 Å². The van der Waals surface area contributed by atoms with E-state index in [0.717, 1.165) is 17.1 Å². The number of aromatic nitrogens is 2. The van der Waals surface area contributed by atoms with Crippen LogP contribution in [0.25, 0.3) is 0 Å². The van der Waals surface area contributed by atoms with Crippen LogP contribution < -0.4 is 15.8 Å². The molecular formula is C9H15N5O. The zero-order valence-electron chi connectivity index (χ0n) is 9.11. The Morgan fingerprint density at radius 2 is 2.33 bits per heavy atom. The molecule has 1 unspecified atom stereocenters. The molecule has 0 aromatic carbocycles. The minimum absolute atomic E-state index is 0.0775. The normalized spacial score (nSPS) is 19.9. The van der Waals surface area contributed by atoms with Crippen molar-refractivity contribution >= 4 is 5.96 Å². The molecule has 82 valence electrons. The Bertz CT molecular complexity index is 409. The third-order valence-electron chi connectivity index (χ3n) is 2.52. The van der Waals surface area contributed by atoms with E-state index >= 15 is 0 Å². The summed E-state index contributed by atoms with van der Waals surface area (Å²) in [5.74, 6) is 1.24. The Morgan fingerprint density at radius 1 is 1.60 bits per heavy atom. The van der Waals surface area contributed by atoms with Gasteiger partial charge in [0.2, 0.25) is 5.88 Å². The summed E-state index contributed by atoms with van der Waals surface area (Å²) in [4.78, 5) is 4.11. The zero-order chi connectivity index (χ0) is 11.0. The highest BCUT2D eigenvalue weighted by Gasteiger charge is 2.26. The van der Waals surface area contributed by atoms with Gasteiger partial charge in [-0.1, -0.05) is 0 Å². The molecule has 0 bridgehead atoms. The van der Waals surface area contributed by atoms with Crippen molar-refractivity contribution in [2.24, 2.45) is 17.8 Å². The highest BCUT2D eigenvalue weighted by Crippen LogP contribution is 2.29. The van der Waals surface area contributed by atoms with Crippen molar-refractivity contribution in [1.82, 2.24) is 15.1 Å². The lowest BCUT2D eigenvalue weighted by molar-refractivity contribution is 0.366. The second-order valence-electron chi connectivity index (χ2n) is 3.55. The Balaban J connectivity index is 2.35. The van der Waals surface area contributed by atoms with Gasteiger partial charge in [-0.15, -0.1) is 0 Å². The van der Waals surface area contributed by atoms with Crippen molar-refractivity contribution in [1.29, 1.82) is 0 Å². The van der Waals surface area contributed by atoms with Gasteiger partial charge < -0.3 is 15.8 Å². The maximum atomic E-state index is 5.58. The summed E-state index contributed by atoms with van der Waals surface area (Å²) in [6.45, 7) is 2.59. The second kappa shape index (κ2) is 3.45. The number of guanidine groups is 1. The molecule has 15 heavy (non-hydrogen) atoms. The van der Waals surface area contributed by atoms with E-state index in [1.165, 1.54) is 0 Å². The van der Waals surface area contributed by atoms with Crippen molar-refractivity contribution in [3.05, 3.63) is 11.3 Å². The molecular weight excluding hydrogens is 194 g/mol. The topological polar surface area (TPSA) is 77.5 Å². The van der Waals surface area contributed by atoms with Crippen molar-refractivity contribution < 1.29 is 4.74 Å². The molecule has 1 aliphatic heterocycles. The molecule has 2 rings (SSSR count). The van der Waals surface area contributed by atoms with Crippen molar-refractivity contribution in [2.45, 2.75) is 13.0 Å². The molecule has 0 saturated heterocycles. The molecule has 0 saturated carbocycles. The third-order valence-corrected chi connectivity index (χ3v) is 2.52. The zero-order valence-corrected chi connectivity index (χ0v) is 9.11. The molecule has 2 heterocycles. The predicted molar refractivity (Wildman–Crippen MR) is 56.9 cm³/mol. The summed E-state index contributed by atoms with van der Waals surface area (Å²) < 4.78 is 7.04. The number of aliphatic imine (C=N–C) groups is 1. The number of hydrogen-bond acceptors (Lipinski definition) is 5. The Labute approximate surface area is 88.1 Å². The number of hydrogen-bond donors (Lipinski definition) is 2. The number of aryl methyl sites for hydroxylation is 2.